The van der Waals surface area contributed by atoms with E-state index in [1.165, 1.54) is 23.1 Å². The maximum Gasteiger partial charge on any atom is 0.335 e. The van der Waals surface area contributed by atoms with Crippen LogP contribution in [0.3, 0.4) is 0 Å². The van der Waals surface area contributed by atoms with Crippen LogP contribution in [0.25, 0.3) is 0 Å². The van der Waals surface area contributed by atoms with Crippen molar-refractivity contribution in [3.63, 3.8) is 0 Å². The molecule has 0 spiro atoms. The monoisotopic (exact) mass is 246 g/mol. The zero-order valence-corrected chi connectivity index (χ0v) is 10.3. The molecule has 1 N–H and O–H groups in total. The van der Waals surface area contributed by atoms with Gasteiger partial charge in [-0.1, -0.05) is 6.07 Å². The first-order chi connectivity index (χ1) is 8.47. The Morgan fingerprint density at radius 1 is 1.44 bits per heavy atom. The lowest BCUT2D eigenvalue weighted by atomic mass is 10.1. The topological polar surface area (TPSA) is 81.4 Å². The normalized spacial score (nSPS) is 11.4. The lowest BCUT2D eigenvalue weighted by Gasteiger charge is -2.23. The molecule has 0 saturated carbocycles. The van der Waals surface area contributed by atoms with Gasteiger partial charge in [0.2, 0.25) is 0 Å². The third-order valence-electron chi connectivity index (χ3n) is 2.72. The molecule has 1 unspecified atom stereocenters. The molecule has 0 saturated heterocycles. The Labute approximate surface area is 105 Å². The molecule has 0 fully saturated rings. The minimum atomic E-state index is -1.07. The number of nitriles is 1. The predicted octanol–water partition coefficient (Wildman–Crippen LogP) is 1.76. The summed E-state index contributed by atoms with van der Waals surface area (Å²) in [6.07, 6.45) is 0.237. The van der Waals surface area contributed by atoms with Gasteiger partial charge in [0.15, 0.2) is 0 Å². The first-order valence-corrected chi connectivity index (χ1v) is 5.45. The molecular formula is C13H14N2O3. The van der Waals surface area contributed by atoms with Gasteiger partial charge in [0, 0.05) is 18.7 Å². The highest BCUT2D eigenvalue weighted by molar-refractivity contribution is 5.97. The molecule has 1 atom stereocenters. The van der Waals surface area contributed by atoms with E-state index in [1.54, 1.807) is 20.0 Å². The van der Waals surface area contributed by atoms with Crippen LogP contribution in [0.4, 0.5) is 0 Å². The van der Waals surface area contributed by atoms with Gasteiger partial charge in [0.1, 0.15) is 0 Å². The van der Waals surface area contributed by atoms with Crippen molar-refractivity contribution in [2.75, 3.05) is 7.05 Å². The molecule has 1 aromatic carbocycles. The highest BCUT2D eigenvalue weighted by atomic mass is 16.4. The van der Waals surface area contributed by atoms with E-state index in [4.69, 9.17) is 10.4 Å². The second-order valence-corrected chi connectivity index (χ2v) is 4.01. The molecule has 94 valence electrons. The maximum atomic E-state index is 12.1. The van der Waals surface area contributed by atoms with Crippen LogP contribution in [-0.2, 0) is 0 Å². The van der Waals surface area contributed by atoms with Crippen LogP contribution in [0.5, 0.6) is 0 Å². The SMILES string of the molecule is CC(CC#N)N(C)C(=O)c1cccc(C(=O)O)c1. The fourth-order valence-corrected chi connectivity index (χ4v) is 1.46. The van der Waals surface area contributed by atoms with E-state index in [9.17, 15) is 9.59 Å². The second kappa shape index (κ2) is 5.82. The van der Waals surface area contributed by atoms with Gasteiger partial charge in [-0.2, -0.15) is 5.26 Å². The van der Waals surface area contributed by atoms with E-state index >= 15 is 0 Å². The molecule has 5 nitrogen and oxygen atoms in total. The second-order valence-electron chi connectivity index (χ2n) is 4.01. The smallest absolute Gasteiger partial charge is 0.335 e. The number of nitrogens with zero attached hydrogens (tertiary/aromatic N) is 2. The summed E-state index contributed by atoms with van der Waals surface area (Å²) in [5.74, 6) is -1.36. The molecule has 0 aliphatic rings. The summed E-state index contributed by atoms with van der Waals surface area (Å²) in [5.41, 5.74) is 0.379. The summed E-state index contributed by atoms with van der Waals surface area (Å²) < 4.78 is 0. The van der Waals surface area contributed by atoms with Crippen molar-refractivity contribution in [3.05, 3.63) is 35.4 Å². The average molecular weight is 246 g/mol. The van der Waals surface area contributed by atoms with Crippen LogP contribution in [0.1, 0.15) is 34.1 Å². The molecular weight excluding hydrogens is 232 g/mol. The van der Waals surface area contributed by atoms with E-state index < -0.39 is 5.97 Å². The molecule has 0 aliphatic carbocycles. The number of amides is 1. The average Bonchev–Trinajstić information content (AvgIpc) is 2.37. The Hall–Kier alpha value is -2.35. The van der Waals surface area contributed by atoms with Gasteiger partial charge in [0.05, 0.1) is 18.1 Å². The summed E-state index contributed by atoms with van der Waals surface area (Å²) in [4.78, 5) is 24.3. The highest BCUT2D eigenvalue weighted by Gasteiger charge is 2.18. The standard InChI is InChI=1S/C13H14N2O3/c1-9(6-7-14)15(2)12(16)10-4-3-5-11(8-10)13(17)18/h3-5,8-9H,6H2,1-2H3,(H,17,18). The van der Waals surface area contributed by atoms with E-state index in [2.05, 4.69) is 0 Å². The molecule has 0 radical (unpaired) electrons. The fraction of sp³-hybridized carbons (Fsp3) is 0.308. The number of carbonyl (C=O) groups is 2. The van der Waals surface area contributed by atoms with Crippen LogP contribution in [0, 0.1) is 11.3 Å². The first-order valence-electron chi connectivity index (χ1n) is 5.45. The van der Waals surface area contributed by atoms with E-state index in [0.717, 1.165) is 0 Å². The summed E-state index contributed by atoms with van der Waals surface area (Å²) in [6, 6.07) is 7.63. The van der Waals surface area contributed by atoms with Crippen molar-refractivity contribution in [1.29, 1.82) is 5.26 Å². The zero-order chi connectivity index (χ0) is 13.7. The van der Waals surface area contributed by atoms with Gasteiger partial charge in [-0.25, -0.2) is 4.79 Å². The Kier molecular flexibility index (Phi) is 4.44. The van der Waals surface area contributed by atoms with E-state index in [-0.39, 0.29) is 23.9 Å². The van der Waals surface area contributed by atoms with Gasteiger partial charge < -0.3 is 10.0 Å². The van der Waals surface area contributed by atoms with E-state index in [1.807, 2.05) is 6.07 Å². The number of hydrogen-bond donors (Lipinski definition) is 1. The lowest BCUT2D eigenvalue weighted by molar-refractivity contribution is 0.0697. The third-order valence-corrected chi connectivity index (χ3v) is 2.72. The Morgan fingerprint density at radius 2 is 2.06 bits per heavy atom. The van der Waals surface area contributed by atoms with Crippen molar-refractivity contribution in [2.24, 2.45) is 0 Å². The van der Waals surface area contributed by atoms with Crippen molar-refractivity contribution in [2.45, 2.75) is 19.4 Å². The number of benzene rings is 1. The molecule has 5 heteroatoms. The van der Waals surface area contributed by atoms with Crippen LogP contribution in [-0.4, -0.2) is 35.0 Å². The first kappa shape index (κ1) is 13.7. The quantitative estimate of drug-likeness (QED) is 0.877. The molecule has 0 bridgehead atoms. The number of carboxylic acids is 1. The molecule has 1 amide bonds. The third kappa shape index (κ3) is 3.08. The van der Waals surface area contributed by atoms with Crippen molar-refractivity contribution in [1.82, 2.24) is 4.90 Å². The number of carboxylic acid groups (broad SMARTS) is 1. The number of aromatic carboxylic acids is 1. The number of rotatable bonds is 4. The Balaban J connectivity index is 2.94. The Morgan fingerprint density at radius 3 is 2.61 bits per heavy atom. The van der Waals surface area contributed by atoms with E-state index in [0.29, 0.717) is 5.56 Å². The molecule has 0 aromatic heterocycles. The van der Waals surface area contributed by atoms with Gasteiger partial charge >= 0.3 is 5.97 Å². The largest absolute Gasteiger partial charge is 0.478 e. The lowest BCUT2D eigenvalue weighted by Crippen LogP contribution is -2.34. The maximum absolute atomic E-state index is 12.1. The molecule has 0 heterocycles. The van der Waals surface area contributed by atoms with Crippen LogP contribution in [0.2, 0.25) is 0 Å². The minimum Gasteiger partial charge on any atom is -0.478 e. The van der Waals surface area contributed by atoms with Crippen LogP contribution >= 0.6 is 0 Å². The highest BCUT2D eigenvalue weighted by Crippen LogP contribution is 2.11. The summed E-state index contributed by atoms with van der Waals surface area (Å²) >= 11 is 0. The van der Waals surface area contributed by atoms with Crippen molar-refractivity contribution < 1.29 is 14.7 Å². The predicted molar refractivity (Wildman–Crippen MR) is 65.2 cm³/mol. The molecule has 18 heavy (non-hydrogen) atoms. The number of carbonyl (C=O) groups excluding carboxylic acids is 1. The van der Waals surface area contributed by atoms with Crippen molar-refractivity contribution >= 4 is 11.9 Å². The fourth-order valence-electron chi connectivity index (χ4n) is 1.46. The zero-order valence-electron chi connectivity index (χ0n) is 10.3. The van der Waals surface area contributed by atoms with Gasteiger partial charge in [0.25, 0.3) is 5.91 Å². The summed E-state index contributed by atoms with van der Waals surface area (Å²) in [6.45, 7) is 1.77. The number of hydrogen-bond acceptors (Lipinski definition) is 3. The molecule has 0 aliphatic heterocycles. The minimum absolute atomic E-state index is 0.0715. The van der Waals surface area contributed by atoms with Crippen molar-refractivity contribution in [3.8, 4) is 6.07 Å². The molecule has 1 rings (SSSR count). The summed E-state index contributed by atoms with van der Waals surface area (Å²) in [5, 5.41) is 17.4. The van der Waals surface area contributed by atoms with Crippen LogP contribution in [0.15, 0.2) is 24.3 Å². The van der Waals surface area contributed by atoms with Crippen LogP contribution < -0.4 is 0 Å². The van der Waals surface area contributed by atoms with Gasteiger partial charge in [-0.15, -0.1) is 0 Å². The molecule has 1 aromatic rings. The van der Waals surface area contributed by atoms with Gasteiger partial charge in [-0.05, 0) is 25.1 Å². The van der Waals surface area contributed by atoms with Gasteiger partial charge in [-0.3, -0.25) is 4.79 Å². The summed E-state index contributed by atoms with van der Waals surface area (Å²) in [7, 11) is 1.60. The Bertz CT molecular complexity index is 505.